The Bertz CT molecular complexity index is 460. The Morgan fingerprint density at radius 1 is 1.29 bits per heavy atom. The third-order valence-electron chi connectivity index (χ3n) is 3.60. The van der Waals surface area contributed by atoms with Crippen LogP contribution in [0.3, 0.4) is 0 Å². The van der Waals surface area contributed by atoms with Crippen LogP contribution in [0.4, 0.5) is 4.39 Å². The number of aliphatic hydroxyl groups is 1. The van der Waals surface area contributed by atoms with Gasteiger partial charge in [-0.3, -0.25) is 0 Å². The molecule has 1 aromatic rings. The number of aliphatic imine (C=N–C) groups is 1. The smallest absolute Gasteiger partial charge is 0.191 e. The van der Waals surface area contributed by atoms with Crippen molar-refractivity contribution in [2.45, 2.75) is 26.3 Å². The van der Waals surface area contributed by atoms with Gasteiger partial charge in [0, 0.05) is 18.5 Å². The molecule has 0 amide bonds. The number of benzene rings is 1. The van der Waals surface area contributed by atoms with Crippen molar-refractivity contribution in [3.8, 4) is 0 Å². The second kappa shape index (κ2) is 8.53. The molecule has 1 fully saturated rings. The van der Waals surface area contributed by atoms with E-state index in [0.717, 1.165) is 37.5 Å². The zero-order chi connectivity index (χ0) is 14.4. The summed E-state index contributed by atoms with van der Waals surface area (Å²) in [5, 5.41) is 15.7. The minimum absolute atomic E-state index is 0. The minimum Gasteiger partial charge on any atom is -0.396 e. The highest BCUT2D eigenvalue weighted by atomic mass is 127. The third kappa shape index (κ3) is 5.78. The highest BCUT2D eigenvalue weighted by molar-refractivity contribution is 14.0. The van der Waals surface area contributed by atoms with E-state index in [4.69, 9.17) is 0 Å². The molecule has 0 saturated heterocycles. The van der Waals surface area contributed by atoms with E-state index >= 15 is 0 Å². The second-order valence-corrected chi connectivity index (χ2v) is 5.33. The normalized spacial score (nSPS) is 16.0. The van der Waals surface area contributed by atoms with Gasteiger partial charge in [-0.05, 0) is 37.5 Å². The van der Waals surface area contributed by atoms with Crippen molar-refractivity contribution in [3.05, 3.63) is 35.6 Å². The van der Waals surface area contributed by atoms with Crippen LogP contribution in [0.15, 0.2) is 29.3 Å². The maximum absolute atomic E-state index is 12.8. The summed E-state index contributed by atoms with van der Waals surface area (Å²) >= 11 is 0. The monoisotopic (exact) mass is 407 g/mol. The number of hydrogen-bond donors (Lipinski definition) is 3. The van der Waals surface area contributed by atoms with E-state index in [1.54, 1.807) is 12.1 Å². The van der Waals surface area contributed by atoms with Crippen molar-refractivity contribution in [2.75, 3.05) is 19.7 Å². The summed E-state index contributed by atoms with van der Waals surface area (Å²) in [4.78, 5) is 4.47. The molecule has 4 nitrogen and oxygen atoms in total. The quantitative estimate of drug-likeness (QED) is 0.385. The van der Waals surface area contributed by atoms with Crippen LogP contribution in [0.25, 0.3) is 0 Å². The van der Waals surface area contributed by atoms with Crippen molar-refractivity contribution in [1.29, 1.82) is 0 Å². The molecule has 0 aromatic heterocycles. The van der Waals surface area contributed by atoms with E-state index in [1.165, 1.54) is 12.1 Å². The van der Waals surface area contributed by atoms with Crippen molar-refractivity contribution in [1.82, 2.24) is 10.6 Å². The third-order valence-corrected chi connectivity index (χ3v) is 3.60. The van der Waals surface area contributed by atoms with Crippen LogP contribution in [0.1, 0.15) is 25.3 Å². The number of halogens is 2. The molecule has 0 atom stereocenters. The van der Waals surface area contributed by atoms with Crippen LogP contribution < -0.4 is 10.6 Å². The van der Waals surface area contributed by atoms with Gasteiger partial charge in [-0.1, -0.05) is 12.1 Å². The Labute approximate surface area is 142 Å². The zero-order valence-corrected chi connectivity index (χ0v) is 14.6. The van der Waals surface area contributed by atoms with Gasteiger partial charge < -0.3 is 15.7 Å². The topological polar surface area (TPSA) is 56.7 Å². The number of aliphatic hydroxyl groups excluding tert-OH is 1. The van der Waals surface area contributed by atoms with E-state index in [1.807, 2.05) is 6.92 Å². The molecular formula is C15H23FIN3O. The number of rotatable bonds is 6. The van der Waals surface area contributed by atoms with Gasteiger partial charge in [-0.15, -0.1) is 24.0 Å². The first-order chi connectivity index (χ1) is 9.67. The summed E-state index contributed by atoms with van der Waals surface area (Å²) in [6, 6.07) is 6.35. The van der Waals surface area contributed by atoms with Crippen LogP contribution in [-0.4, -0.2) is 30.8 Å². The lowest BCUT2D eigenvalue weighted by Gasteiger charge is -2.16. The molecule has 21 heavy (non-hydrogen) atoms. The molecule has 0 bridgehead atoms. The van der Waals surface area contributed by atoms with E-state index < -0.39 is 0 Å². The Kier molecular flexibility index (Phi) is 7.37. The Balaban J connectivity index is 0.00000220. The molecule has 3 N–H and O–H groups in total. The fraction of sp³-hybridized carbons (Fsp3) is 0.533. The molecule has 0 radical (unpaired) electrons. The van der Waals surface area contributed by atoms with Gasteiger partial charge in [0.05, 0.1) is 13.2 Å². The molecular weight excluding hydrogens is 384 g/mol. The van der Waals surface area contributed by atoms with Crippen molar-refractivity contribution >= 4 is 29.9 Å². The predicted octanol–water partition coefficient (Wildman–Crippen LogP) is 2.27. The lowest BCUT2D eigenvalue weighted by Crippen LogP contribution is -2.41. The first-order valence-corrected chi connectivity index (χ1v) is 7.05. The first-order valence-electron chi connectivity index (χ1n) is 7.05. The standard InChI is InChI=1S/C15H22FN3O.HI/c1-2-17-14(19-10-15(11-20)7-8-15)18-9-12-3-5-13(16)6-4-12;/h3-6,20H,2,7-11H2,1H3,(H2,17,18,19);1H. The van der Waals surface area contributed by atoms with Crippen LogP contribution in [0.2, 0.25) is 0 Å². The number of nitrogens with zero attached hydrogens (tertiary/aromatic N) is 1. The van der Waals surface area contributed by atoms with Gasteiger partial charge in [0.15, 0.2) is 5.96 Å². The largest absolute Gasteiger partial charge is 0.396 e. The van der Waals surface area contributed by atoms with Crippen molar-refractivity contribution in [2.24, 2.45) is 10.4 Å². The second-order valence-electron chi connectivity index (χ2n) is 5.33. The first kappa shape index (κ1) is 18.2. The lowest BCUT2D eigenvalue weighted by atomic mass is 10.1. The summed E-state index contributed by atoms with van der Waals surface area (Å²) in [7, 11) is 0. The average Bonchev–Trinajstić information content (AvgIpc) is 3.24. The maximum Gasteiger partial charge on any atom is 0.191 e. The summed E-state index contributed by atoms with van der Waals surface area (Å²) < 4.78 is 12.8. The molecule has 0 heterocycles. The van der Waals surface area contributed by atoms with Crippen molar-refractivity contribution in [3.63, 3.8) is 0 Å². The summed E-state index contributed by atoms with van der Waals surface area (Å²) in [6.07, 6.45) is 2.13. The van der Waals surface area contributed by atoms with E-state index in [2.05, 4.69) is 15.6 Å². The minimum atomic E-state index is -0.235. The van der Waals surface area contributed by atoms with E-state index in [9.17, 15) is 9.50 Å². The summed E-state index contributed by atoms with van der Waals surface area (Å²) in [5.74, 6) is 0.498. The summed E-state index contributed by atoms with van der Waals surface area (Å²) in [6.45, 7) is 4.24. The number of nitrogens with one attached hydrogen (secondary N) is 2. The molecule has 6 heteroatoms. The molecule has 1 aliphatic rings. The molecule has 0 aliphatic heterocycles. The van der Waals surface area contributed by atoms with E-state index in [0.29, 0.717) is 6.54 Å². The van der Waals surface area contributed by atoms with Crippen LogP contribution >= 0.6 is 24.0 Å². The van der Waals surface area contributed by atoms with Crippen molar-refractivity contribution < 1.29 is 9.50 Å². The SMILES string of the molecule is CCNC(=NCc1ccc(F)cc1)NCC1(CO)CC1.I. The molecule has 0 unspecified atom stereocenters. The molecule has 1 aromatic carbocycles. The maximum atomic E-state index is 12.8. The van der Waals surface area contributed by atoms with Gasteiger partial charge in [-0.2, -0.15) is 0 Å². The highest BCUT2D eigenvalue weighted by Gasteiger charge is 2.41. The van der Waals surface area contributed by atoms with Gasteiger partial charge in [0.25, 0.3) is 0 Å². The molecule has 0 spiro atoms. The fourth-order valence-corrected chi connectivity index (χ4v) is 1.94. The number of hydrogen-bond acceptors (Lipinski definition) is 2. The summed E-state index contributed by atoms with van der Waals surface area (Å²) in [5.41, 5.74) is 1.01. The van der Waals surface area contributed by atoms with Gasteiger partial charge in [0.2, 0.25) is 0 Å². The van der Waals surface area contributed by atoms with E-state index in [-0.39, 0.29) is 41.8 Å². The van der Waals surface area contributed by atoms with Crippen LogP contribution in [0.5, 0.6) is 0 Å². The van der Waals surface area contributed by atoms with Gasteiger partial charge in [-0.25, -0.2) is 9.38 Å². The lowest BCUT2D eigenvalue weighted by molar-refractivity contribution is 0.212. The Morgan fingerprint density at radius 3 is 2.48 bits per heavy atom. The van der Waals surface area contributed by atoms with Crippen LogP contribution in [-0.2, 0) is 6.54 Å². The molecule has 118 valence electrons. The van der Waals surface area contributed by atoms with Gasteiger partial charge in [0.1, 0.15) is 5.82 Å². The Morgan fingerprint density at radius 2 is 1.95 bits per heavy atom. The number of guanidine groups is 1. The van der Waals surface area contributed by atoms with Crippen LogP contribution in [0, 0.1) is 11.2 Å². The predicted molar refractivity (Wildman–Crippen MR) is 93.4 cm³/mol. The molecule has 1 saturated carbocycles. The molecule has 1 aliphatic carbocycles. The highest BCUT2D eigenvalue weighted by Crippen LogP contribution is 2.44. The zero-order valence-electron chi connectivity index (χ0n) is 12.2. The van der Waals surface area contributed by atoms with Gasteiger partial charge >= 0.3 is 0 Å². The Hall–Kier alpha value is -0.890. The molecule has 2 rings (SSSR count). The average molecular weight is 407 g/mol. The fourth-order valence-electron chi connectivity index (χ4n) is 1.94.